The molecule has 0 saturated heterocycles. The highest BCUT2D eigenvalue weighted by molar-refractivity contribution is 7.98. The number of benzene rings is 4. The van der Waals surface area contributed by atoms with Gasteiger partial charge in [-0.1, -0.05) is 24.3 Å². The monoisotopic (exact) mass is 572 g/mol. The van der Waals surface area contributed by atoms with Crippen molar-refractivity contribution in [3.8, 4) is 34.5 Å². The minimum Gasteiger partial charge on any atom is -0.497 e. The Bertz CT molecular complexity index is 1450. The molecule has 5 rings (SSSR count). The largest absolute Gasteiger partial charge is 0.497 e. The lowest BCUT2D eigenvalue weighted by atomic mass is 9.81. The average Bonchev–Trinajstić information content (AvgIpc) is 3.37. The maximum Gasteiger partial charge on any atom is 0.126 e. The molecular formula is C34H36O6S. The molecule has 214 valence electrons. The number of fused-ring (bicyclic) bond motifs is 1. The van der Waals surface area contributed by atoms with Crippen LogP contribution in [0.3, 0.4) is 0 Å². The van der Waals surface area contributed by atoms with Gasteiger partial charge in [0.15, 0.2) is 0 Å². The first kappa shape index (κ1) is 28.6. The van der Waals surface area contributed by atoms with E-state index in [0.29, 0.717) is 0 Å². The molecule has 0 heterocycles. The number of rotatable bonds is 11. The van der Waals surface area contributed by atoms with Gasteiger partial charge in [0.05, 0.1) is 42.7 Å². The van der Waals surface area contributed by atoms with E-state index in [1.807, 2.05) is 48.2 Å². The van der Waals surface area contributed by atoms with Crippen LogP contribution in [0.1, 0.15) is 44.9 Å². The number of hydrogen-bond acceptors (Lipinski definition) is 7. The molecule has 7 heteroatoms. The van der Waals surface area contributed by atoms with Crippen molar-refractivity contribution >= 4 is 11.8 Å². The molecule has 0 N–H and O–H groups in total. The smallest absolute Gasteiger partial charge is 0.126 e. The zero-order chi connectivity index (χ0) is 28.9. The standard InChI is InChI=1S/C34H36O6S/c1-35-24-11-7-21(8-12-24)20-41-34-29-18-28(39-5)19-30(40-6)33(29)31(22-9-13-25(36-2)14-10-22)32(34)23-15-26(37-3)17-27(16-23)38-4/h7-19,31-32,34H,20H2,1-6H3/t31-,32?,34?/m1/s1. The van der Waals surface area contributed by atoms with E-state index in [9.17, 15) is 0 Å². The minimum atomic E-state index is 0.00180. The highest BCUT2D eigenvalue weighted by Crippen LogP contribution is 2.62. The molecule has 41 heavy (non-hydrogen) atoms. The number of methoxy groups -OCH3 is 6. The molecule has 4 aromatic carbocycles. The predicted molar refractivity (Wildman–Crippen MR) is 164 cm³/mol. The van der Waals surface area contributed by atoms with Crippen molar-refractivity contribution < 1.29 is 28.4 Å². The van der Waals surface area contributed by atoms with E-state index >= 15 is 0 Å². The Morgan fingerprint density at radius 1 is 0.537 bits per heavy atom. The molecule has 4 aromatic rings. The van der Waals surface area contributed by atoms with Crippen molar-refractivity contribution in [2.75, 3.05) is 42.7 Å². The molecule has 1 aliphatic rings. The van der Waals surface area contributed by atoms with Gasteiger partial charge in [-0.2, -0.15) is 0 Å². The lowest BCUT2D eigenvalue weighted by Gasteiger charge is -2.27. The van der Waals surface area contributed by atoms with Gasteiger partial charge in [0.25, 0.3) is 0 Å². The van der Waals surface area contributed by atoms with E-state index in [4.69, 9.17) is 28.4 Å². The normalized spacial score (nSPS) is 17.5. The van der Waals surface area contributed by atoms with E-state index in [1.54, 1.807) is 42.7 Å². The molecule has 0 bridgehead atoms. The van der Waals surface area contributed by atoms with Crippen LogP contribution in [0.4, 0.5) is 0 Å². The third kappa shape index (κ3) is 5.77. The van der Waals surface area contributed by atoms with Crippen molar-refractivity contribution in [2.45, 2.75) is 22.8 Å². The van der Waals surface area contributed by atoms with Crippen LogP contribution < -0.4 is 28.4 Å². The summed E-state index contributed by atoms with van der Waals surface area (Å²) in [5.74, 6) is 5.63. The average molecular weight is 573 g/mol. The summed E-state index contributed by atoms with van der Waals surface area (Å²) in [7, 11) is 10.2. The van der Waals surface area contributed by atoms with Gasteiger partial charge in [-0.25, -0.2) is 0 Å². The van der Waals surface area contributed by atoms with Crippen molar-refractivity contribution in [1.29, 1.82) is 0 Å². The van der Waals surface area contributed by atoms with Gasteiger partial charge in [0.1, 0.15) is 34.5 Å². The first-order chi connectivity index (χ1) is 20.0. The third-order valence-electron chi connectivity index (χ3n) is 7.73. The van der Waals surface area contributed by atoms with Crippen molar-refractivity contribution in [3.63, 3.8) is 0 Å². The Kier molecular flexibility index (Phi) is 8.84. The molecule has 0 amide bonds. The number of hydrogen-bond donors (Lipinski definition) is 0. The highest BCUT2D eigenvalue weighted by Gasteiger charge is 2.45. The zero-order valence-corrected chi connectivity index (χ0v) is 25.1. The lowest BCUT2D eigenvalue weighted by molar-refractivity contribution is 0.389. The van der Waals surface area contributed by atoms with Gasteiger partial charge in [0, 0.05) is 40.5 Å². The zero-order valence-electron chi connectivity index (χ0n) is 24.3. The fourth-order valence-corrected chi connectivity index (χ4v) is 7.16. The van der Waals surface area contributed by atoms with E-state index in [-0.39, 0.29) is 17.1 Å². The number of thioether (sulfide) groups is 1. The van der Waals surface area contributed by atoms with Crippen molar-refractivity contribution in [2.24, 2.45) is 0 Å². The summed E-state index contributed by atoms with van der Waals surface area (Å²) in [5, 5.41) is 0.0833. The van der Waals surface area contributed by atoms with Crippen LogP contribution in [0, 0.1) is 0 Å². The van der Waals surface area contributed by atoms with Crippen molar-refractivity contribution in [1.82, 2.24) is 0 Å². The Morgan fingerprint density at radius 3 is 1.61 bits per heavy atom. The van der Waals surface area contributed by atoms with Gasteiger partial charge in [-0.3, -0.25) is 0 Å². The van der Waals surface area contributed by atoms with Crippen LogP contribution in [0.15, 0.2) is 78.9 Å². The molecule has 0 aromatic heterocycles. The van der Waals surface area contributed by atoms with Gasteiger partial charge in [-0.15, -0.1) is 11.8 Å². The molecule has 3 atom stereocenters. The molecule has 0 saturated carbocycles. The lowest BCUT2D eigenvalue weighted by Crippen LogP contribution is -2.12. The second-order valence-corrected chi connectivity index (χ2v) is 11.0. The molecule has 0 radical (unpaired) electrons. The van der Waals surface area contributed by atoms with E-state index in [2.05, 4.69) is 42.5 Å². The van der Waals surface area contributed by atoms with E-state index in [1.165, 1.54) is 16.7 Å². The summed E-state index contributed by atoms with van der Waals surface area (Å²) < 4.78 is 34.1. The van der Waals surface area contributed by atoms with Crippen LogP contribution in [-0.2, 0) is 5.75 Å². The first-order valence-corrected chi connectivity index (χ1v) is 14.5. The highest BCUT2D eigenvalue weighted by atomic mass is 32.2. The molecule has 1 aliphatic carbocycles. The SMILES string of the molecule is COc1ccc(CSC2c3cc(OC)cc(OC)c3[C@H](c3ccc(OC)cc3)C2c2cc(OC)cc(OC)c2)cc1. The molecular weight excluding hydrogens is 536 g/mol. The molecule has 0 spiro atoms. The fraction of sp³-hybridized carbons (Fsp3) is 0.294. The van der Waals surface area contributed by atoms with E-state index < -0.39 is 0 Å². The van der Waals surface area contributed by atoms with Crippen LogP contribution >= 0.6 is 11.8 Å². The van der Waals surface area contributed by atoms with Gasteiger partial charge in [-0.05, 0) is 64.7 Å². The topological polar surface area (TPSA) is 55.4 Å². The summed E-state index contributed by atoms with van der Waals surface area (Å²) in [6.07, 6.45) is 0. The Hall–Kier alpha value is -3.97. The summed E-state index contributed by atoms with van der Waals surface area (Å²) in [5.41, 5.74) is 5.90. The summed E-state index contributed by atoms with van der Waals surface area (Å²) in [6, 6.07) is 26.9. The summed E-state index contributed by atoms with van der Waals surface area (Å²) >= 11 is 1.91. The second-order valence-electron chi connectivity index (χ2n) is 9.83. The third-order valence-corrected chi connectivity index (χ3v) is 9.13. The van der Waals surface area contributed by atoms with E-state index in [0.717, 1.165) is 51.4 Å². The number of ether oxygens (including phenoxy) is 6. The van der Waals surface area contributed by atoms with Crippen LogP contribution in [0.2, 0.25) is 0 Å². The molecule has 2 unspecified atom stereocenters. The second kappa shape index (κ2) is 12.7. The molecule has 6 nitrogen and oxygen atoms in total. The maximum absolute atomic E-state index is 6.03. The van der Waals surface area contributed by atoms with Gasteiger partial charge >= 0.3 is 0 Å². The quantitative estimate of drug-likeness (QED) is 0.183. The van der Waals surface area contributed by atoms with Gasteiger partial charge < -0.3 is 28.4 Å². The van der Waals surface area contributed by atoms with Crippen molar-refractivity contribution in [3.05, 3.63) is 107 Å². The molecule has 0 fully saturated rings. The maximum atomic E-state index is 6.03. The van der Waals surface area contributed by atoms with Gasteiger partial charge in [0.2, 0.25) is 0 Å². The fourth-order valence-electron chi connectivity index (χ4n) is 5.70. The molecule has 0 aliphatic heterocycles. The Morgan fingerprint density at radius 2 is 1.07 bits per heavy atom. The van der Waals surface area contributed by atoms with Crippen LogP contribution in [0.25, 0.3) is 0 Å². The predicted octanol–water partition coefficient (Wildman–Crippen LogP) is 7.64. The summed E-state index contributed by atoms with van der Waals surface area (Å²) in [6.45, 7) is 0. The van der Waals surface area contributed by atoms with Crippen LogP contribution in [-0.4, -0.2) is 42.7 Å². The van der Waals surface area contributed by atoms with Crippen LogP contribution in [0.5, 0.6) is 34.5 Å². The summed E-state index contributed by atoms with van der Waals surface area (Å²) in [4.78, 5) is 0. The Labute approximate surface area is 246 Å². The first-order valence-electron chi connectivity index (χ1n) is 13.4. The Balaban J connectivity index is 1.70. The minimum absolute atomic E-state index is 0.00180.